The number of aliphatic hydroxyl groups is 2. The van der Waals surface area contributed by atoms with Crippen molar-refractivity contribution in [3.05, 3.63) is 83.9 Å². The first kappa shape index (κ1) is 14.3. The van der Waals surface area contributed by atoms with E-state index >= 15 is 0 Å². The van der Waals surface area contributed by atoms with Crippen molar-refractivity contribution in [2.75, 3.05) is 0 Å². The summed E-state index contributed by atoms with van der Waals surface area (Å²) in [6, 6.07) is 19.3. The second kappa shape index (κ2) is 7.43. The fourth-order valence-corrected chi connectivity index (χ4v) is 1.78. The van der Waals surface area contributed by atoms with E-state index in [0.29, 0.717) is 0 Å². The molecule has 0 aromatic heterocycles. The van der Waals surface area contributed by atoms with Gasteiger partial charge in [0, 0.05) is 0 Å². The van der Waals surface area contributed by atoms with E-state index in [1.165, 1.54) is 0 Å². The highest BCUT2D eigenvalue weighted by molar-refractivity contribution is 5.51. The van der Waals surface area contributed by atoms with Crippen molar-refractivity contribution < 1.29 is 10.2 Å². The second-order valence-corrected chi connectivity index (χ2v) is 4.52. The van der Waals surface area contributed by atoms with Gasteiger partial charge in [-0.3, -0.25) is 0 Å². The molecule has 0 amide bonds. The summed E-state index contributed by atoms with van der Waals surface area (Å²) in [7, 11) is 0. The highest BCUT2D eigenvalue weighted by Crippen LogP contribution is 2.07. The Morgan fingerprint density at radius 1 is 0.600 bits per heavy atom. The van der Waals surface area contributed by atoms with Crippen LogP contribution in [0, 0.1) is 0 Å². The Morgan fingerprint density at radius 3 is 1.30 bits per heavy atom. The van der Waals surface area contributed by atoms with Crippen LogP contribution in [0.2, 0.25) is 0 Å². The van der Waals surface area contributed by atoms with Crippen LogP contribution in [0.3, 0.4) is 0 Å². The molecule has 0 fully saturated rings. The van der Waals surface area contributed by atoms with Crippen LogP contribution in [-0.2, 0) is 0 Å². The number of aliphatic hydroxyl groups excluding tert-OH is 2. The van der Waals surface area contributed by atoms with Gasteiger partial charge in [0.05, 0.1) is 0 Å². The Balaban J connectivity index is 1.94. The molecule has 0 saturated heterocycles. The van der Waals surface area contributed by atoms with Crippen LogP contribution in [-0.4, -0.2) is 22.4 Å². The van der Waals surface area contributed by atoms with E-state index in [1.807, 2.05) is 60.7 Å². The van der Waals surface area contributed by atoms with E-state index < -0.39 is 12.2 Å². The molecular weight excluding hydrogens is 248 g/mol. The second-order valence-electron chi connectivity index (χ2n) is 4.52. The van der Waals surface area contributed by atoms with Gasteiger partial charge in [0.1, 0.15) is 12.2 Å². The maximum Gasteiger partial charge on any atom is 0.102 e. The van der Waals surface area contributed by atoms with Gasteiger partial charge in [-0.1, -0.05) is 85.0 Å². The lowest BCUT2D eigenvalue weighted by molar-refractivity contribution is 0.0818. The van der Waals surface area contributed by atoms with Crippen LogP contribution in [0.15, 0.2) is 72.8 Å². The van der Waals surface area contributed by atoms with Gasteiger partial charge < -0.3 is 10.2 Å². The van der Waals surface area contributed by atoms with Crippen molar-refractivity contribution in [3.8, 4) is 0 Å². The Morgan fingerprint density at radius 2 is 0.950 bits per heavy atom. The molecule has 0 spiro atoms. The Labute approximate surface area is 119 Å². The minimum absolute atomic E-state index is 0.921. The molecule has 2 atom stereocenters. The van der Waals surface area contributed by atoms with Crippen LogP contribution < -0.4 is 0 Å². The summed E-state index contributed by atoms with van der Waals surface area (Å²) in [6.45, 7) is 0. The quantitative estimate of drug-likeness (QED) is 0.873. The first-order chi connectivity index (χ1) is 9.75. The average molecular weight is 266 g/mol. The van der Waals surface area contributed by atoms with Gasteiger partial charge in [0.2, 0.25) is 0 Å². The van der Waals surface area contributed by atoms with E-state index in [0.717, 1.165) is 11.1 Å². The van der Waals surface area contributed by atoms with E-state index in [2.05, 4.69) is 0 Å². The molecular formula is C18H18O2. The van der Waals surface area contributed by atoms with E-state index in [1.54, 1.807) is 24.3 Å². The summed E-state index contributed by atoms with van der Waals surface area (Å²) < 4.78 is 0. The van der Waals surface area contributed by atoms with E-state index in [4.69, 9.17) is 0 Å². The summed E-state index contributed by atoms with van der Waals surface area (Å²) in [5.74, 6) is 0. The zero-order valence-corrected chi connectivity index (χ0v) is 11.1. The van der Waals surface area contributed by atoms with Gasteiger partial charge in [-0.15, -0.1) is 0 Å². The number of benzene rings is 2. The van der Waals surface area contributed by atoms with Crippen LogP contribution >= 0.6 is 0 Å². The predicted molar refractivity (Wildman–Crippen MR) is 83.0 cm³/mol. The van der Waals surface area contributed by atoms with Crippen LogP contribution in [0.25, 0.3) is 12.2 Å². The maximum absolute atomic E-state index is 9.87. The number of hydrogen-bond donors (Lipinski definition) is 2. The van der Waals surface area contributed by atoms with Crippen molar-refractivity contribution in [2.24, 2.45) is 0 Å². The van der Waals surface area contributed by atoms with Crippen LogP contribution in [0.5, 0.6) is 0 Å². The number of hydrogen-bond acceptors (Lipinski definition) is 2. The third kappa shape index (κ3) is 4.50. The lowest BCUT2D eigenvalue weighted by atomic mass is 10.1. The molecule has 0 unspecified atom stereocenters. The molecule has 2 aromatic rings. The van der Waals surface area contributed by atoms with E-state index in [-0.39, 0.29) is 0 Å². The van der Waals surface area contributed by atoms with Crippen molar-refractivity contribution in [3.63, 3.8) is 0 Å². The smallest absolute Gasteiger partial charge is 0.102 e. The standard InChI is InChI=1S/C18H18O2/c19-17(13-11-15-7-3-1-4-8-15)18(20)14-12-16-9-5-2-6-10-16/h1-14,17-20H/b13-11+,14-12+/t17-,18-/m0/s1. The lowest BCUT2D eigenvalue weighted by Crippen LogP contribution is -2.20. The molecule has 2 N–H and O–H groups in total. The van der Waals surface area contributed by atoms with Crippen LogP contribution in [0.1, 0.15) is 11.1 Å². The molecule has 2 aromatic carbocycles. The highest BCUT2D eigenvalue weighted by atomic mass is 16.3. The van der Waals surface area contributed by atoms with Gasteiger partial charge in [-0.05, 0) is 11.1 Å². The molecule has 2 rings (SSSR count). The lowest BCUT2D eigenvalue weighted by Gasteiger charge is -2.09. The van der Waals surface area contributed by atoms with Gasteiger partial charge in [0.25, 0.3) is 0 Å². The van der Waals surface area contributed by atoms with Crippen molar-refractivity contribution in [1.82, 2.24) is 0 Å². The minimum atomic E-state index is -0.921. The molecule has 2 nitrogen and oxygen atoms in total. The molecule has 0 aliphatic carbocycles. The molecule has 2 heteroatoms. The molecule has 0 bridgehead atoms. The summed E-state index contributed by atoms with van der Waals surface area (Å²) in [5, 5.41) is 19.7. The monoisotopic (exact) mass is 266 g/mol. The van der Waals surface area contributed by atoms with E-state index in [9.17, 15) is 10.2 Å². The van der Waals surface area contributed by atoms with Gasteiger partial charge in [-0.2, -0.15) is 0 Å². The summed E-state index contributed by atoms with van der Waals surface area (Å²) in [5.41, 5.74) is 1.98. The summed E-state index contributed by atoms with van der Waals surface area (Å²) >= 11 is 0. The molecule has 0 aliphatic heterocycles. The molecule has 20 heavy (non-hydrogen) atoms. The largest absolute Gasteiger partial charge is 0.386 e. The Hall–Kier alpha value is -2.16. The molecule has 102 valence electrons. The SMILES string of the molecule is O[C@@H](/C=C/c1ccccc1)[C@@H](O)/C=C/c1ccccc1. The highest BCUT2D eigenvalue weighted by Gasteiger charge is 2.08. The number of rotatable bonds is 5. The fraction of sp³-hybridized carbons (Fsp3) is 0.111. The Bertz CT molecular complexity index is 505. The molecule has 0 aliphatic rings. The van der Waals surface area contributed by atoms with Gasteiger partial charge in [0.15, 0.2) is 0 Å². The van der Waals surface area contributed by atoms with Crippen molar-refractivity contribution >= 4 is 12.2 Å². The van der Waals surface area contributed by atoms with Crippen molar-refractivity contribution in [1.29, 1.82) is 0 Å². The Kier molecular flexibility index (Phi) is 5.30. The average Bonchev–Trinajstić information content (AvgIpc) is 2.52. The summed E-state index contributed by atoms with van der Waals surface area (Å²) in [6.07, 6.45) is 4.93. The zero-order valence-electron chi connectivity index (χ0n) is 11.1. The fourth-order valence-electron chi connectivity index (χ4n) is 1.78. The first-order valence-corrected chi connectivity index (χ1v) is 6.58. The predicted octanol–water partition coefficient (Wildman–Crippen LogP) is 3.14. The topological polar surface area (TPSA) is 40.5 Å². The van der Waals surface area contributed by atoms with Gasteiger partial charge >= 0.3 is 0 Å². The maximum atomic E-state index is 9.87. The first-order valence-electron chi connectivity index (χ1n) is 6.58. The van der Waals surface area contributed by atoms with Crippen molar-refractivity contribution in [2.45, 2.75) is 12.2 Å². The molecule has 0 heterocycles. The molecule has 0 radical (unpaired) electrons. The normalized spacial score (nSPS) is 14.7. The third-order valence-electron chi connectivity index (χ3n) is 2.92. The van der Waals surface area contributed by atoms with Crippen LogP contribution in [0.4, 0.5) is 0 Å². The third-order valence-corrected chi connectivity index (χ3v) is 2.92. The molecule has 0 saturated carbocycles. The van der Waals surface area contributed by atoms with Gasteiger partial charge in [-0.25, -0.2) is 0 Å². The minimum Gasteiger partial charge on any atom is -0.386 e. The summed E-state index contributed by atoms with van der Waals surface area (Å²) in [4.78, 5) is 0. The zero-order chi connectivity index (χ0) is 14.2.